The average molecular weight is 275 g/mol. The van der Waals surface area contributed by atoms with Crippen LogP contribution in [0.25, 0.3) is 0 Å². The van der Waals surface area contributed by atoms with Crippen LogP contribution in [0.4, 0.5) is 0 Å². The van der Waals surface area contributed by atoms with E-state index >= 15 is 0 Å². The highest BCUT2D eigenvalue weighted by molar-refractivity contribution is 6.30. The Morgan fingerprint density at radius 1 is 1.16 bits per heavy atom. The normalized spacial score (nSPS) is 28.8. The first-order valence-corrected chi connectivity index (χ1v) is 6.78. The van der Waals surface area contributed by atoms with E-state index in [9.17, 15) is 4.79 Å². The number of halogens is 1. The quantitative estimate of drug-likeness (QED) is 0.762. The summed E-state index contributed by atoms with van der Waals surface area (Å²) in [4.78, 5) is 12.1. The Kier molecular flexibility index (Phi) is 2.98. The van der Waals surface area contributed by atoms with E-state index in [2.05, 4.69) is 13.2 Å². The summed E-state index contributed by atoms with van der Waals surface area (Å²) in [6, 6.07) is 6.76. The van der Waals surface area contributed by atoms with Crippen molar-refractivity contribution in [3.63, 3.8) is 0 Å². The Morgan fingerprint density at radius 3 is 2.42 bits per heavy atom. The van der Waals surface area contributed by atoms with Gasteiger partial charge in [-0.2, -0.15) is 0 Å². The molecule has 1 aromatic rings. The second-order valence-corrected chi connectivity index (χ2v) is 5.71. The number of benzene rings is 1. The zero-order valence-corrected chi connectivity index (χ0v) is 11.3. The van der Waals surface area contributed by atoms with Crippen LogP contribution in [0.5, 0.6) is 0 Å². The van der Waals surface area contributed by atoms with Crippen LogP contribution in [0, 0.1) is 11.8 Å². The van der Waals surface area contributed by atoms with Crippen molar-refractivity contribution in [2.45, 2.75) is 18.9 Å². The molecule has 0 N–H and O–H groups in total. The minimum atomic E-state index is -0.285. The van der Waals surface area contributed by atoms with E-state index < -0.39 is 0 Å². The van der Waals surface area contributed by atoms with Crippen molar-refractivity contribution in [2.24, 2.45) is 11.8 Å². The first-order chi connectivity index (χ1) is 9.06. The summed E-state index contributed by atoms with van der Waals surface area (Å²) in [6.45, 7) is 8.10. The van der Waals surface area contributed by atoms with Crippen LogP contribution in [0.15, 0.2) is 48.6 Å². The van der Waals surface area contributed by atoms with Gasteiger partial charge in [-0.3, -0.25) is 0 Å². The van der Waals surface area contributed by atoms with E-state index in [1.165, 1.54) is 0 Å². The van der Waals surface area contributed by atoms with Gasteiger partial charge in [-0.25, -0.2) is 4.79 Å². The van der Waals surface area contributed by atoms with Gasteiger partial charge in [0.1, 0.15) is 6.10 Å². The third kappa shape index (κ3) is 2.10. The molecule has 0 unspecified atom stereocenters. The van der Waals surface area contributed by atoms with Gasteiger partial charge in [-0.15, -0.1) is 0 Å². The maximum Gasteiger partial charge on any atom is 0.338 e. The molecule has 1 aromatic carbocycles. The first-order valence-electron chi connectivity index (χ1n) is 6.41. The molecule has 0 radical (unpaired) electrons. The fourth-order valence-corrected chi connectivity index (χ4v) is 3.20. The van der Waals surface area contributed by atoms with Crippen LogP contribution in [0.3, 0.4) is 0 Å². The predicted molar refractivity (Wildman–Crippen MR) is 75.1 cm³/mol. The summed E-state index contributed by atoms with van der Waals surface area (Å²) in [5.74, 6) is 0.418. The van der Waals surface area contributed by atoms with Crippen molar-refractivity contribution < 1.29 is 9.53 Å². The van der Waals surface area contributed by atoms with Crippen LogP contribution in [0.2, 0.25) is 5.02 Å². The highest BCUT2D eigenvalue weighted by Crippen LogP contribution is 2.51. The maximum absolute atomic E-state index is 12.1. The molecule has 2 fully saturated rings. The molecule has 2 nitrogen and oxygen atoms in total. The molecule has 0 aliphatic heterocycles. The molecule has 19 heavy (non-hydrogen) atoms. The number of ether oxygens (including phenoxy) is 1. The maximum atomic E-state index is 12.1. The summed E-state index contributed by atoms with van der Waals surface area (Å²) >= 11 is 5.80. The smallest absolute Gasteiger partial charge is 0.338 e. The zero-order chi connectivity index (χ0) is 13.6. The molecule has 0 spiro atoms. The van der Waals surface area contributed by atoms with Gasteiger partial charge in [-0.1, -0.05) is 24.8 Å². The number of carbonyl (C=O) groups excluding carboxylic acids is 1. The largest absolute Gasteiger partial charge is 0.458 e. The van der Waals surface area contributed by atoms with Crippen molar-refractivity contribution in [3.05, 3.63) is 59.2 Å². The third-order valence-electron chi connectivity index (χ3n) is 4.20. The van der Waals surface area contributed by atoms with Gasteiger partial charge < -0.3 is 4.74 Å². The van der Waals surface area contributed by atoms with Crippen LogP contribution < -0.4 is 0 Å². The number of carbonyl (C=O) groups is 1. The van der Waals surface area contributed by atoms with E-state index in [0.29, 0.717) is 16.5 Å². The lowest BCUT2D eigenvalue weighted by Crippen LogP contribution is -2.25. The highest BCUT2D eigenvalue weighted by Gasteiger charge is 2.46. The van der Waals surface area contributed by atoms with Crippen molar-refractivity contribution >= 4 is 17.6 Å². The van der Waals surface area contributed by atoms with Crippen molar-refractivity contribution in [1.29, 1.82) is 0 Å². The Hall–Kier alpha value is -1.54. The van der Waals surface area contributed by atoms with Crippen LogP contribution in [-0.2, 0) is 4.74 Å². The number of hydrogen-bond acceptors (Lipinski definition) is 2. The number of allylic oxidation sites excluding steroid dienone is 1. The molecule has 2 aliphatic carbocycles. The summed E-state index contributed by atoms with van der Waals surface area (Å²) in [5.41, 5.74) is 2.74. The van der Waals surface area contributed by atoms with Crippen molar-refractivity contribution in [1.82, 2.24) is 0 Å². The van der Waals surface area contributed by atoms with E-state index in [1.54, 1.807) is 24.3 Å². The Balaban J connectivity index is 1.70. The molecule has 3 rings (SSSR count). The van der Waals surface area contributed by atoms with E-state index in [0.717, 1.165) is 24.0 Å². The lowest BCUT2D eigenvalue weighted by Gasteiger charge is -2.25. The summed E-state index contributed by atoms with van der Waals surface area (Å²) in [5, 5.41) is 0.612. The molecular formula is C16H15ClO2. The molecule has 2 bridgehead atoms. The third-order valence-corrected chi connectivity index (χ3v) is 4.45. The van der Waals surface area contributed by atoms with Crippen molar-refractivity contribution in [3.8, 4) is 0 Å². The monoisotopic (exact) mass is 274 g/mol. The Labute approximate surface area is 117 Å². The number of esters is 1. The minimum absolute atomic E-state index is 0.0498. The molecule has 0 amide bonds. The number of rotatable bonds is 2. The highest BCUT2D eigenvalue weighted by atomic mass is 35.5. The van der Waals surface area contributed by atoms with E-state index in [-0.39, 0.29) is 18.0 Å². The lowest BCUT2D eigenvalue weighted by atomic mass is 9.90. The summed E-state index contributed by atoms with van der Waals surface area (Å²) < 4.78 is 5.61. The molecule has 2 saturated carbocycles. The fourth-order valence-electron chi connectivity index (χ4n) is 3.07. The summed E-state index contributed by atoms with van der Waals surface area (Å²) in [6.07, 6.45) is 1.85. The fraction of sp³-hybridized carbons (Fsp3) is 0.312. The molecule has 2 aliphatic rings. The molecule has 0 heterocycles. The zero-order valence-electron chi connectivity index (χ0n) is 10.6. The second-order valence-electron chi connectivity index (χ2n) is 5.28. The van der Waals surface area contributed by atoms with Gasteiger partial charge in [0, 0.05) is 10.9 Å². The summed E-state index contributed by atoms with van der Waals surface area (Å²) in [7, 11) is 0. The van der Waals surface area contributed by atoms with Crippen LogP contribution in [0.1, 0.15) is 23.2 Å². The van der Waals surface area contributed by atoms with Crippen LogP contribution >= 0.6 is 11.6 Å². The standard InChI is InChI=1S/C16H15ClO2/c1-9-10(2)14-7-12(9)8-15(14)19-16(18)11-3-5-13(17)6-4-11/h3-6,12,14-15H,1-2,7-8H2/t12-,14-,15+/m0/s1. The van der Waals surface area contributed by atoms with Crippen LogP contribution in [-0.4, -0.2) is 12.1 Å². The van der Waals surface area contributed by atoms with Gasteiger partial charge in [0.05, 0.1) is 5.56 Å². The second kappa shape index (κ2) is 4.53. The molecule has 3 heteroatoms. The molecule has 98 valence electrons. The lowest BCUT2D eigenvalue weighted by molar-refractivity contribution is 0.0229. The molecule has 0 aromatic heterocycles. The van der Waals surface area contributed by atoms with Gasteiger partial charge in [0.2, 0.25) is 0 Å². The number of fused-ring (bicyclic) bond motifs is 2. The van der Waals surface area contributed by atoms with Gasteiger partial charge in [0.25, 0.3) is 0 Å². The first kappa shape index (κ1) is 12.5. The molecule has 3 atom stereocenters. The van der Waals surface area contributed by atoms with Gasteiger partial charge >= 0.3 is 5.97 Å². The van der Waals surface area contributed by atoms with Gasteiger partial charge in [0.15, 0.2) is 0 Å². The number of hydrogen-bond donors (Lipinski definition) is 0. The minimum Gasteiger partial charge on any atom is -0.458 e. The Morgan fingerprint density at radius 2 is 1.84 bits per heavy atom. The molecule has 0 saturated heterocycles. The van der Waals surface area contributed by atoms with Gasteiger partial charge in [-0.05, 0) is 54.2 Å². The van der Waals surface area contributed by atoms with E-state index in [4.69, 9.17) is 16.3 Å². The average Bonchev–Trinajstić information content (AvgIpc) is 2.91. The predicted octanol–water partition coefficient (Wildman–Crippen LogP) is 4.02. The molecular weight excluding hydrogens is 260 g/mol. The topological polar surface area (TPSA) is 26.3 Å². The van der Waals surface area contributed by atoms with E-state index in [1.807, 2.05) is 0 Å². The Bertz CT molecular complexity index is 559. The van der Waals surface area contributed by atoms with Crippen molar-refractivity contribution in [2.75, 3.05) is 0 Å². The SMILES string of the molecule is C=C1C(=C)[C@@H]2C[C@H]1C[C@H]2OC(=O)c1ccc(Cl)cc1.